The van der Waals surface area contributed by atoms with Crippen molar-refractivity contribution in [2.24, 2.45) is 5.73 Å². The van der Waals surface area contributed by atoms with Gasteiger partial charge >= 0.3 is 5.97 Å². The van der Waals surface area contributed by atoms with Crippen molar-refractivity contribution in [1.29, 1.82) is 0 Å². The van der Waals surface area contributed by atoms with Crippen LogP contribution >= 0.6 is 0 Å². The fourth-order valence-corrected chi connectivity index (χ4v) is 0.432. The molecule has 0 aromatic rings. The van der Waals surface area contributed by atoms with Crippen LogP contribution in [-0.4, -0.2) is 19.4 Å². The molecule has 4 nitrogen and oxygen atoms in total. The zero-order valence-corrected chi connectivity index (χ0v) is 6.96. The fourth-order valence-electron chi connectivity index (χ4n) is 0.432. The molecule has 0 aliphatic heterocycles. The van der Waals surface area contributed by atoms with Crippen LogP contribution in [-0.2, 0) is 14.3 Å². The van der Waals surface area contributed by atoms with E-state index in [1.54, 1.807) is 13.8 Å². The largest absolute Gasteiger partial charge is 0.433 e. The monoisotopic (exact) mass is 159 g/mol. The highest BCUT2D eigenvalue weighted by atomic mass is 16.7. The lowest BCUT2D eigenvalue weighted by Gasteiger charge is -2.08. The van der Waals surface area contributed by atoms with E-state index in [-0.39, 0.29) is 0 Å². The first-order valence-electron chi connectivity index (χ1n) is 3.23. The molecule has 0 amide bonds. The molecule has 0 radical (unpaired) electrons. The first-order valence-corrected chi connectivity index (χ1v) is 3.23. The van der Waals surface area contributed by atoms with Gasteiger partial charge in [0.15, 0.2) is 6.29 Å². The van der Waals surface area contributed by atoms with Gasteiger partial charge in [0.1, 0.15) is 0 Å². The second-order valence-corrected chi connectivity index (χ2v) is 2.13. The molecule has 0 aliphatic carbocycles. The van der Waals surface area contributed by atoms with E-state index >= 15 is 0 Å². The first kappa shape index (κ1) is 9.97. The lowest BCUT2D eigenvalue weighted by atomic mass is 10.4. The molecule has 0 aromatic carbocycles. The third-order valence-electron chi connectivity index (χ3n) is 0.960. The smallest absolute Gasteiger partial charge is 0.334 e. The molecule has 0 aliphatic rings. The summed E-state index contributed by atoms with van der Waals surface area (Å²) < 4.78 is 9.38. The van der Waals surface area contributed by atoms with Gasteiger partial charge in [-0.15, -0.1) is 0 Å². The molecule has 4 heteroatoms. The van der Waals surface area contributed by atoms with Crippen molar-refractivity contribution in [2.75, 3.05) is 7.11 Å². The summed E-state index contributed by atoms with van der Waals surface area (Å²) in [5, 5.41) is 0. The summed E-state index contributed by atoms with van der Waals surface area (Å²) in [6.45, 7) is 3.23. The lowest BCUT2D eigenvalue weighted by molar-refractivity contribution is -0.163. The Bertz CT molecular complexity index is 161. The summed E-state index contributed by atoms with van der Waals surface area (Å²) in [7, 11) is 1.46. The van der Waals surface area contributed by atoms with Crippen LogP contribution in [0, 0.1) is 0 Å². The van der Waals surface area contributed by atoms with Crippen LogP contribution in [0.25, 0.3) is 0 Å². The maximum absolute atomic E-state index is 10.8. The number of allylic oxidation sites excluding steroid dienone is 1. The number of esters is 1. The van der Waals surface area contributed by atoms with Gasteiger partial charge in [0.05, 0.1) is 0 Å². The molecule has 0 saturated heterocycles. The van der Waals surface area contributed by atoms with Crippen molar-refractivity contribution in [3.8, 4) is 0 Å². The van der Waals surface area contributed by atoms with Crippen LogP contribution in [0.5, 0.6) is 0 Å². The lowest BCUT2D eigenvalue weighted by Crippen LogP contribution is -2.15. The summed E-state index contributed by atoms with van der Waals surface area (Å²) in [4.78, 5) is 10.8. The SMILES string of the molecule is COC(C)OC(=O)/C=C(/C)N. The molecule has 0 saturated carbocycles. The Morgan fingerprint density at radius 1 is 1.64 bits per heavy atom. The van der Waals surface area contributed by atoms with Crippen molar-refractivity contribution in [3.63, 3.8) is 0 Å². The molecule has 0 fully saturated rings. The number of ether oxygens (including phenoxy) is 2. The quantitative estimate of drug-likeness (QED) is 0.367. The normalized spacial score (nSPS) is 14.3. The number of methoxy groups -OCH3 is 1. The maximum Gasteiger partial charge on any atom is 0.334 e. The molecule has 1 unspecified atom stereocenters. The van der Waals surface area contributed by atoms with E-state index in [1.807, 2.05) is 0 Å². The van der Waals surface area contributed by atoms with E-state index in [0.29, 0.717) is 5.70 Å². The van der Waals surface area contributed by atoms with Crippen molar-refractivity contribution < 1.29 is 14.3 Å². The van der Waals surface area contributed by atoms with Crippen molar-refractivity contribution in [1.82, 2.24) is 0 Å². The van der Waals surface area contributed by atoms with Gasteiger partial charge in [-0.05, 0) is 13.8 Å². The van der Waals surface area contributed by atoms with Gasteiger partial charge in [0, 0.05) is 18.9 Å². The summed E-state index contributed by atoms with van der Waals surface area (Å²) in [5.41, 5.74) is 5.65. The van der Waals surface area contributed by atoms with Gasteiger partial charge < -0.3 is 15.2 Å². The highest BCUT2D eigenvalue weighted by Gasteiger charge is 2.03. The predicted molar refractivity (Wildman–Crippen MR) is 40.5 cm³/mol. The van der Waals surface area contributed by atoms with E-state index in [4.69, 9.17) is 10.5 Å². The molecule has 0 spiro atoms. The van der Waals surface area contributed by atoms with Crippen molar-refractivity contribution in [3.05, 3.63) is 11.8 Å². The predicted octanol–water partition coefficient (Wildman–Crippen LogP) is 0.384. The zero-order valence-electron chi connectivity index (χ0n) is 6.96. The molecular formula is C7H13NO3. The standard InChI is InChI=1S/C7H13NO3/c1-5(8)4-7(9)11-6(2)10-3/h4,6H,8H2,1-3H3/b5-4-. The third kappa shape index (κ3) is 5.42. The Kier molecular flexibility index (Phi) is 4.29. The van der Waals surface area contributed by atoms with Gasteiger partial charge in [-0.2, -0.15) is 0 Å². The molecule has 0 heterocycles. The molecule has 64 valence electrons. The minimum absolute atomic E-state index is 0.415. The van der Waals surface area contributed by atoms with Gasteiger partial charge in [0.25, 0.3) is 0 Å². The molecule has 0 bridgehead atoms. The Labute approximate surface area is 66.0 Å². The average molecular weight is 159 g/mol. The highest BCUT2D eigenvalue weighted by molar-refractivity contribution is 5.82. The van der Waals surface area contributed by atoms with E-state index in [9.17, 15) is 4.79 Å². The molecule has 0 aromatic heterocycles. The van der Waals surface area contributed by atoms with E-state index < -0.39 is 12.3 Å². The van der Waals surface area contributed by atoms with Crippen LogP contribution in [0.4, 0.5) is 0 Å². The zero-order chi connectivity index (χ0) is 8.85. The minimum atomic E-state index is -0.530. The van der Waals surface area contributed by atoms with E-state index in [1.165, 1.54) is 13.2 Å². The van der Waals surface area contributed by atoms with Gasteiger partial charge in [-0.3, -0.25) is 0 Å². The van der Waals surface area contributed by atoms with Gasteiger partial charge in [0.2, 0.25) is 0 Å². The second kappa shape index (κ2) is 4.73. The van der Waals surface area contributed by atoms with Crippen LogP contribution in [0.15, 0.2) is 11.8 Å². The summed E-state index contributed by atoms with van der Waals surface area (Å²) in [6.07, 6.45) is 0.674. The second-order valence-electron chi connectivity index (χ2n) is 2.13. The average Bonchev–Trinajstić information content (AvgIpc) is 1.85. The molecule has 2 N–H and O–H groups in total. The number of hydrogen-bond donors (Lipinski definition) is 1. The Morgan fingerprint density at radius 2 is 2.18 bits per heavy atom. The fraction of sp³-hybridized carbons (Fsp3) is 0.571. The maximum atomic E-state index is 10.8. The van der Waals surface area contributed by atoms with Crippen LogP contribution in [0.1, 0.15) is 13.8 Å². The van der Waals surface area contributed by atoms with E-state index in [0.717, 1.165) is 0 Å². The molecule has 1 atom stereocenters. The summed E-state index contributed by atoms with van der Waals surface area (Å²) >= 11 is 0. The first-order chi connectivity index (χ1) is 5.06. The third-order valence-corrected chi connectivity index (χ3v) is 0.960. The number of rotatable bonds is 3. The van der Waals surface area contributed by atoms with Gasteiger partial charge in [-0.1, -0.05) is 0 Å². The minimum Gasteiger partial charge on any atom is -0.433 e. The van der Waals surface area contributed by atoms with E-state index in [2.05, 4.69) is 4.74 Å². The van der Waals surface area contributed by atoms with Crippen molar-refractivity contribution in [2.45, 2.75) is 20.1 Å². The Balaban J connectivity index is 3.79. The summed E-state index contributed by atoms with van der Waals surface area (Å²) in [5.74, 6) is -0.487. The molecule has 0 rings (SSSR count). The number of nitrogens with two attached hydrogens (primary N) is 1. The topological polar surface area (TPSA) is 61.5 Å². The summed E-state index contributed by atoms with van der Waals surface area (Å²) in [6, 6.07) is 0. The van der Waals surface area contributed by atoms with Crippen LogP contribution in [0.2, 0.25) is 0 Å². The Morgan fingerprint density at radius 3 is 2.55 bits per heavy atom. The molecule has 11 heavy (non-hydrogen) atoms. The van der Waals surface area contributed by atoms with Crippen LogP contribution < -0.4 is 5.73 Å². The number of carbonyl (C=O) groups is 1. The number of hydrogen-bond acceptors (Lipinski definition) is 4. The highest BCUT2D eigenvalue weighted by Crippen LogP contribution is 1.93. The van der Waals surface area contributed by atoms with Crippen molar-refractivity contribution >= 4 is 5.97 Å². The Hall–Kier alpha value is -1.03. The number of carbonyl (C=O) groups excluding carboxylic acids is 1. The molecular weight excluding hydrogens is 146 g/mol. The van der Waals surface area contributed by atoms with Crippen LogP contribution in [0.3, 0.4) is 0 Å². The van der Waals surface area contributed by atoms with Gasteiger partial charge in [-0.25, -0.2) is 4.79 Å².